The second-order valence-electron chi connectivity index (χ2n) is 7.91. The predicted molar refractivity (Wildman–Crippen MR) is 136 cm³/mol. The summed E-state index contributed by atoms with van der Waals surface area (Å²) in [6.07, 6.45) is 3.89. The minimum atomic E-state index is -0.372. The molecular weight excluding hydrogens is 488 g/mol. The van der Waals surface area contributed by atoms with Crippen molar-refractivity contribution in [2.45, 2.75) is 37.8 Å². The van der Waals surface area contributed by atoms with E-state index in [4.69, 9.17) is 14.2 Å². The standard InChI is InChI=1S/C24H28N4O5S2/c1-5-33-23(30)20-15-8-6-7-9-18(15)35-22(20)25-19(29)13-34-24-27-26-21(28(24)2)14-10-11-16(31-3)17(12-14)32-4/h10-12H,5-9,13H2,1-4H3,(H,25,29). The first-order chi connectivity index (χ1) is 17.0. The molecule has 0 unspecified atom stereocenters. The maximum Gasteiger partial charge on any atom is 0.341 e. The molecule has 0 saturated heterocycles. The second-order valence-corrected chi connectivity index (χ2v) is 9.95. The average molecular weight is 517 g/mol. The molecule has 11 heteroatoms. The van der Waals surface area contributed by atoms with Gasteiger partial charge in [-0.25, -0.2) is 4.79 Å². The molecule has 0 saturated carbocycles. The number of esters is 1. The van der Waals surface area contributed by atoms with Crippen LogP contribution in [0.1, 0.15) is 40.6 Å². The van der Waals surface area contributed by atoms with Crippen LogP contribution in [0.3, 0.4) is 0 Å². The molecule has 1 aromatic carbocycles. The minimum Gasteiger partial charge on any atom is -0.493 e. The quantitative estimate of drug-likeness (QED) is 0.331. The molecule has 1 aliphatic carbocycles. The van der Waals surface area contributed by atoms with E-state index in [-0.39, 0.29) is 17.6 Å². The lowest BCUT2D eigenvalue weighted by molar-refractivity contribution is -0.113. The van der Waals surface area contributed by atoms with Crippen molar-refractivity contribution in [3.63, 3.8) is 0 Å². The average Bonchev–Trinajstić information content (AvgIpc) is 3.42. The van der Waals surface area contributed by atoms with Gasteiger partial charge in [0.1, 0.15) is 5.00 Å². The van der Waals surface area contributed by atoms with Crippen molar-refractivity contribution in [1.82, 2.24) is 14.8 Å². The third-order valence-corrected chi connectivity index (χ3v) is 7.94. The number of carbonyl (C=O) groups is 2. The van der Waals surface area contributed by atoms with E-state index in [9.17, 15) is 9.59 Å². The second kappa shape index (κ2) is 11.1. The number of carbonyl (C=O) groups excluding carboxylic acids is 2. The summed E-state index contributed by atoms with van der Waals surface area (Å²) in [5, 5.41) is 12.6. The Hall–Kier alpha value is -3.05. The molecule has 1 aliphatic rings. The van der Waals surface area contributed by atoms with Gasteiger partial charge in [-0.1, -0.05) is 11.8 Å². The number of nitrogens with one attached hydrogen (secondary N) is 1. The number of benzene rings is 1. The molecule has 0 fully saturated rings. The summed E-state index contributed by atoms with van der Waals surface area (Å²) in [6, 6.07) is 5.52. The van der Waals surface area contributed by atoms with Gasteiger partial charge in [-0.15, -0.1) is 21.5 Å². The van der Waals surface area contributed by atoms with Crippen LogP contribution in [0, 0.1) is 0 Å². The SMILES string of the molecule is CCOC(=O)c1c(NC(=O)CSc2nnc(-c3ccc(OC)c(OC)c3)n2C)sc2c1CCCC2. The third kappa shape index (κ3) is 5.30. The number of anilines is 1. The molecule has 0 atom stereocenters. The largest absolute Gasteiger partial charge is 0.493 e. The lowest BCUT2D eigenvalue weighted by Gasteiger charge is -2.12. The van der Waals surface area contributed by atoms with Crippen molar-refractivity contribution in [3.8, 4) is 22.9 Å². The van der Waals surface area contributed by atoms with E-state index < -0.39 is 0 Å². The molecule has 35 heavy (non-hydrogen) atoms. The van der Waals surface area contributed by atoms with Gasteiger partial charge >= 0.3 is 5.97 Å². The predicted octanol–water partition coefficient (Wildman–Crippen LogP) is 4.35. The van der Waals surface area contributed by atoms with Crippen molar-refractivity contribution >= 4 is 40.0 Å². The first kappa shape index (κ1) is 25.1. The number of hydrogen-bond donors (Lipinski definition) is 1. The summed E-state index contributed by atoms with van der Waals surface area (Å²) in [7, 11) is 5.01. The number of aryl methyl sites for hydroxylation is 1. The van der Waals surface area contributed by atoms with Crippen LogP contribution in [0.5, 0.6) is 11.5 Å². The Balaban J connectivity index is 1.46. The highest BCUT2D eigenvalue weighted by Crippen LogP contribution is 2.39. The van der Waals surface area contributed by atoms with Crippen molar-refractivity contribution in [2.75, 3.05) is 31.9 Å². The Bertz CT molecular complexity index is 1240. The van der Waals surface area contributed by atoms with E-state index in [2.05, 4.69) is 15.5 Å². The number of hydrogen-bond acceptors (Lipinski definition) is 9. The van der Waals surface area contributed by atoms with Crippen LogP contribution in [0.4, 0.5) is 5.00 Å². The highest BCUT2D eigenvalue weighted by atomic mass is 32.2. The number of methoxy groups -OCH3 is 2. The van der Waals surface area contributed by atoms with E-state index in [1.54, 1.807) is 21.1 Å². The monoisotopic (exact) mass is 516 g/mol. The fourth-order valence-corrected chi connectivity index (χ4v) is 6.04. The van der Waals surface area contributed by atoms with Gasteiger partial charge in [0.25, 0.3) is 0 Å². The number of aromatic nitrogens is 3. The Morgan fingerprint density at radius 1 is 1.14 bits per heavy atom. The molecule has 0 spiro atoms. The van der Waals surface area contributed by atoms with Crippen LogP contribution in [0.15, 0.2) is 23.4 Å². The van der Waals surface area contributed by atoms with Gasteiger partial charge in [0.2, 0.25) is 5.91 Å². The summed E-state index contributed by atoms with van der Waals surface area (Å²) in [6.45, 7) is 2.07. The molecule has 1 amide bonds. The van der Waals surface area contributed by atoms with Crippen LogP contribution in [0.2, 0.25) is 0 Å². The smallest absolute Gasteiger partial charge is 0.341 e. The number of thiophene rings is 1. The molecule has 186 valence electrons. The number of nitrogens with zero attached hydrogens (tertiary/aromatic N) is 3. The molecule has 0 radical (unpaired) electrons. The zero-order chi connectivity index (χ0) is 24.9. The van der Waals surface area contributed by atoms with Gasteiger partial charge in [-0.05, 0) is 56.4 Å². The van der Waals surface area contributed by atoms with Crippen molar-refractivity contribution in [1.29, 1.82) is 0 Å². The van der Waals surface area contributed by atoms with Crippen LogP contribution >= 0.6 is 23.1 Å². The third-order valence-electron chi connectivity index (χ3n) is 5.71. The van der Waals surface area contributed by atoms with Crippen molar-refractivity contribution < 1.29 is 23.8 Å². The number of ether oxygens (including phenoxy) is 3. The van der Waals surface area contributed by atoms with E-state index in [0.29, 0.717) is 39.7 Å². The van der Waals surface area contributed by atoms with Gasteiger partial charge in [-0.2, -0.15) is 0 Å². The molecular formula is C24H28N4O5S2. The number of rotatable bonds is 9. The Labute approximate surface area is 212 Å². The lowest BCUT2D eigenvalue weighted by atomic mass is 9.95. The van der Waals surface area contributed by atoms with E-state index >= 15 is 0 Å². The minimum absolute atomic E-state index is 0.128. The van der Waals surface area contributed by atoms with Gasteiger partial charge < -0.3 is 24.1 Å². The summed E-state index contributed by atoms with van der Waals surface area (Å²) in [5.74, 6) is 1.41. The summed E-state index contributed by atoms with van der Waals surface area (Å²) in [4.78, 5) is 26.6. The Morgan fingerprint density at radius 2 is 1.91 bits per heavy atom. The van der Waals surface area contributed by atoms with Crippen molar-refractivity contribution in [2.24, 2.45) is 7.05 Å². The zero-order valence-electron chi connectivity index (χ0n) is 20.2. The molecule has 0 aliphatic heterocycles. The van der Waals surface area contributed by atoms with Gasteiger partial charge in [0, 0.05) is 17.5 Å². The fourth-order valence-electron chi connectivity index (χ4n) is 4.03. The van der Waals surface area contributed by atoms with Crippen LogP contribution < -0.4 is 14.8 Å². The molecule has 2 heterocycles. The van der Waals surface area contributed by atoms with Crippen LogP contribution in [-0.4, -0.2) is 53.2 Å². The maximum absolute atomic E-state index is 12.8. The van der Waals surface area contributed by atoms with E-state index in [0.717, 1.165) is 41.7 Å². The number of thioether (sulfide) groups is 1. The number of fused-ring (bicyclic) bond motifs is 1. The molecule has 0 bridgehead atoms. The lowest BCUT2D eigenvalue weighted by Crippen LogP contribution is -2.17. The molecule has 3 aromatic rings. The van der Waals surface area contributed by atoms with Crippen LogP contribution in [0.25, 0.3) is 11.4 Å². The highest BCUT2D eigenvalue weighted by molar-refractivity contribution is 7.99. The molecule has 4 rings (SSSR count). The Kier molecular flexibility index (Phi) is 7.97. The van der Waals surface area contributed by atoms with Gasteiger partial charge in [-0.3, -0.25) is 4.79 Å². The first-order valence-electron chi connectivity index (χ1n) is 11.3. The van der Waals surface area contributed by atoms with E-state index in [1.807, 2.05) is 29.8 Å². The maximum atomic E-state index is 12.8. The topological polar surface area (TPSA) is 105 Å². The Morgan fingerprint density at radius 3 is 2.66 bits per heavy atom. The zero-order valence-corrected chi connectivity index (χ0v) is 21.8. The van der Waals surface area contributed by atoms with E-state index in [1.165, 1.54) is 23.1 Å². The fraction of sp³-hybridized carbons (Fsp3) is 0.417. The normalized spacial score (nSPS) is 12.7. The molecule has 1 N–H and O–H groups in total. The summed E-state index contributed by atoms with van der Waals surface area (Å²) >= 11 is 2.76. The summed E-state index contributed by atoms with van der Waals surface area (Å²) in [5.41, 5.74) is 2.35. The number of amides is 1. The summed E-state index contributed by atoms with van der Waals surface area (Å²) < 4.78 is 17.8. The molecule has 9 nitrogen and oxygen atoms in total. The molecule has 2 aromatic heterocycles. The van der Waals surface area contributed by atoms with Gasteiger partial charge in [0.05, 0.1) is 32.1 Å². The van der Waals surface area contributed by atoms with Gasteiger partial charge in [0.15, 0.2) is 22.5 Å². The highest BCUT2D eigenvalue weighted by Gasteiger charge is 2.27. The van der Waals surface area contributed by atoms with Crippen molar-refractivity contribution in [3.05, 3.63) is 34.2 Å². The first-order valence-corrected chi connectivity index (χ1v) is 13.1. The van der Waals surface area contributed by atoms with Crippen LogP contribution in [-0.2, 0) is 29.4 Å².